The van der Waals surface area contributed by atoms with E-state index in [0.717, 1.165) is 10.2 Å². The second-order valence-electron chi connectivity index (χ2n) is 4.38. The van der Waals surface area contributed by atoms with Crippen LogP contribution in [0.2, 0.25) is 0 Å². The van der Waals surface area contributed by atoms with Crippen LogP contribution in [0.3, 0.4) is 0 Å². The molecule has 1 aromatic rings. The molecule has 0 aromatic heterocycles. The fourth-order valence-electron chi connectivity index (χ4n) is 1.86. The van der Waals surface area contributed by atoms with Gasteiger partial charge in [0, 0.05) is 17.8 Å². The van der Waals surface area contributed by atoms with E-state index >= 15 is 0 Å². The standard InChI is InChI=1S/C15H14Br2O4/c1-9(18)20-15-6-4-11(8-13(15)17)21-10-3-5-14(19-2)12(16)7-10/h3-6,8,10H,7H2,1-2H3. The number of benzene rings is 1. The molecule has 6 heteroatoms. The summed E-state index contributed by atoms with van der Waals surface area (Å²) in [6, 6.07) is 5.23. The van der Waals surface area contributed by atoms with E-state index in [4.69, 9.17) is 14.2 Å². The van der Waals surface area contributed by atoms with E-state index in [1.165, 1.54) is 6.92 Å². The maximum atomic E-state index is 11.0. The summed E-state index contributed by atoms with van der Waals surface area (Å²) >= 11 is 6.84. The highest BCUT2D eigenvalue weighted by Gasteiger charge is 2.17. The molecule has 4 nitrogen and oxygen atoms in total. The Labute approximate surface area is 140 Å². The average molecular weight is 418 g/mol. The van der Waals surface area contributed by atoms with Crippen LogP contribution >= 0.6 is 31.9 Å². The molecule has 2 rings (SSSR count). The van der Waals surface area contributed by atoms with Gasteiger partial charge in [-0.2, -0.15) is 0 Å². The van der Waals surface area contributed by atoms with Crippen LogP contribution < -0.4 is 9.47 Å². The zero-order valence-corrected chi connectivity index (χ0v) is 14.7. The van der Waals surface area contributed by atoms with Gasteiger partial charge in [0.15, 0.2) is 0 Å². The van der Waals surface area contributed by atoms with Crippen molar-refractivity contribution in [3.8, 4) is 11.5 Å². The molecule has 1 unspecified atom stereocenters. The van der Waals surface area contributed by atoms with E-state index in [-0.39, 0.29) is 12.1 Å². The number of hydrogen-bond acceptors (Lipinski definition) is 4. The normalized spacial score (nSPS) is 17.6. The molecule has 1 aliphatic carbocycles. The lowest BCUT2D eigenvalue weighted by atomic mass is 10.1. The van der Waals surface area contributed by atoms with Crippen molar-refractivity contribution < 1.29 is 19.0 Å². The largest absolute Gasteiger partial charge is 0.496 e. The maximum Gasteiger partial charge on any atom is 0.308 e. The van der Waals surface area contributed by atoms with E-state index in [0.29, 0.717) is 22.4 Å². The number of esters is 1. The van der Waals surface area contributed by atoms with E-state index in [1.807, 2.05) is 12.2 Å². The predicted octanol–water partition coefficient (Wildman–Crippen LogP) is 4.33. The van der Waals surface area contributed by atoms with Gasteiger partial charge in [0.25, 0.3) is 0 Å². The van der Waals surface area contributed by atoms with E-state index in [2.05, 4.69) is 31.9 Å². The Morgan fingerprint density at radius 3 is 2.67 bits per heavy atom. The maximum absolute atomic E-state index is 11.0. The minimum absolute atomic E-state index is 0.0789. The Morgan fingerprint density at radius 2 is 2.10 bits per heavy atom. The third-order valence-electron chi connectivity index (χ3n) is 2.77. The molecule has 0 fully saturated rings. The smallest absolute Gasteiger partial charge is 0.308 e. The Hall–Kier alpha value is -1.27. The van der Waals surface area contributed by atoms with Crippen LogP contribution in [0.5, 0.6) is 11.5 Å². The molecule has 21 heavy (non-hydrogen) atoms. The number of methoxy groups -OCH3 is 1. The first kappa shape index (κ1) is 16.1. The molecule has 0 aliphatic heterocycles. The number of carbonyl (C=O) groups excluding carboxylic acids is 1. The van der Waals surface area contributed by atoms with E-state index in [9.17, 15) is 4.79 Å². The highest BCUT2D eigenvalue weighted by Crippen LogP contribution is 2.32. The number of carbonyl (C=O) groups is 1. The first-order chi connectivity index (χ1) is 9.99. The van der Waals surface area contributed by atoms with Gasteiger partial charge in [-0.25, -0.2) is 0 Å². The van der Waals surface area contributed by atoms with Gasteiger partial charge in [0.2, 0.25) is 0 Å². The molecule has 0 heterocycles. The zero-order chi connectivity index (χ0) is 15.4. The third-order valence-corrected chi connectivity index (χ3v) is 4.11. The van der Waals surface area contributed by atoms with Crippen molar-refractivity contribution in [3.05, 3.63) is 45.1 Å². The van der Waals surface area contributed by atoms with Crippen LogP contribution in [0, 0.1) is 0 Å². The summed E-state index contributed by atoms with van der Waals surface area (Å²) < 4.78 is 17.8. The predicted molar refractivity (Wildman–Crippen MR) is 86.6 cm³/mol. The Kier molecular flexibility index (Phi) is 5.47. The molecule has 1 aliphatic rings. The van der Waals surface area contributed by atoms with Gasteiger partial charge >= 0.3 is 5.97 Å². The van der Waals surface area contributed by atoms with Gasteiger partial charge in [-0.3, -0.25) is 4.79 Å². The van der Waals surface area contributed by atoms with Gasteiger partial charge < -0.3 is 14.2 Å². The first-order valence-electron chi connectivity index (χ1n) is 6.25. The van der Waals surface area contributed by atoms with Crippen molar-refractivity contribution in [1.29, 1.82) is 0 Å². The lowest BCUT2D eigenvalue weighted by Gasteiger charge is -2.20. The van der Waals surface area contributed by atoms with Crippen molar-refractivity contribution in [2.75, 3.05) is 7.11 Å². The monoisotopic (exact) mass is 416 g/mol. The van der Waals surface area contributed by atoms with Gasteiger partial charge in [-0.05, 0) is 46.3 Å². The van der Waals surface area contributed by atoms with Crippen LogP contribution in [0.15, 0.2) is 45.1 Å². The minimum atomic E-state index is -0.360. The fraction of sp³-hybridized carbons (Fsp3) is 0.267. The third kappa shape index (κ3) is 4.35. The van der Waals surface area contributed by atoms with Gasteiger partial charge in [0.05, 0.1) is 11.6 Å². The van der Waals surface area contributed by atoms with Crippen LogP contribution in [-0.2, 0) is 9.53 Å². The average Bonchev–Trinajstić information content (AvgIpc) is 2.42. The number of rotatable bonds is 4. The number of ether oxygens (including phenoxy) is 3. The fourth-order valence-corrected chi connectivity index (χ4v) is 2.91. The highest BCUT2D eigenvalue weighted by molar-refractivity contribution is 9.11. The molecule has 1 atom stereocenters. The second kappa shape index (κ2) is 7.13. The van der Waals surface area contributed by atoms with Gasteiger partial charge in [-0.15, -0.1) is 0 Å². The Bertz CT molecular complexity index is 608. The van der Waals surface area contributed by atoms with Crippen molar-refractivity contribution in [2.45, 2.75) is 19.4 Å². The number of allylic oxidation sites excluding steroid dienone is 1. The van der Waals surface area contributed by atoms with E-state index in [1.54, 1.807) is 25.3 Å². The van der Waals surface area contributed by atoms with Crippen LogP contribution in [0.4, 0.5) is 0 Å². The summed E-state index contributed by atoms with van der Waals surface area (Å²) in [7, 11) is 1.63. The van der Waals surface area contributed by atoms with Crippen LogP contribution in [0.25, 0.3) is 0 Å². The van der Waals surface area contributed by atoms with Crippen LogP contribution in [-0.4, -0.2) is 19.2 Å². The summed E-state index contributed by atoms with van der Waals surface area (Å²) in [6.07, 6.45) is 4.44. The van der Waals surface area contributed by atoms with Crippen molar-refractivity contribution in [1.82, 2.24) is 0 Å². The molecule has 0 amide bonds. The van der Waals surface area contributed by atoms with Gasteiger partial charge in [-0.1, -0.05) is 15.9 Å². The molecule has 0 saturated carbocycles. The molecule has 0 bridgehead atoms. The molecule has 0 N–H and O–H groups in total. The van der Waals surface area contributed by atoms with Gasteiger partial charge in [0.1, 0.15) is 23.4 Å². The second-order valence-corrected chi connectivity index (χ2v) is 6.19. The zero-order valence-electron chi connectivity index (χ0n) is 11.6. The highest BCUT2D eigenvalue weighted by atomic mass is 79.9. The quantitative estimate of drug-likeness (QED) is 0.540. The Balaban J connectivity index is 2.05. The molecular formula is C15H14Br2O4. The number of hydrogen-bond donors (Lipinski definition) is 0. The summed E-state index contributed by atoms with van der Waals surface area (Å²) in [4.78, 5) is 11.0. The summed E-state index contributed by atoms with van der Waals surface area (Å²) in [5.41, 5.74) is 0. The summed E-state index contributed by atoms with van der Waals surface area (Å²) in [5.74, 6) is 1.60. The first-order valence-corrected chi connectivity index (χ1v) is 7.83. The van der Waals surface area contributed by atoms with Crippen molar-refractivity contribution in [3.63, 3.8) is 0 Å². The molecule has 112 valence electrons. The number of halogens is 2. The van der Waals surface area contributed by atoms with E-state index < -0.39 is 0 Å². The van der Waals surface area contributed by atoms with Crippen LogP contribution in [0.1, 0.15) is 13.3 Å². The van der Waals surface area contributed by atoms with Crippen molar-refractivity contribution >= 4 is 37.8 Å². The topological polar surface area (TPSA) is 44.8 Å². The molecule has 1 aromatic carbocycles. The molecule has 0 radical (unpaired) electrons. The minimum Gasteiger partial charge on any atom is -0.496 e. The lowest BCUT2D eigenvalue weighted by Crippen LogP contribution is -2.17. The van der Waals surface area contributed by atoms with Crippen molar-refractivity contribution in [2.24, 2.45) is 0 Å². The molecular weight excluding hydrogens is 404 g/mol. The molecule has 0 saturated heterocycles. The Morgan fingerprint density at radius 1 is 1.33 bits per heavy atom. The summed E-state index contributed by atoms with van der Waals surface area (Å²) in [6.45, 7) is 1.36. The summed E-state index contributed by atoms with van der Waals surface area (Å²) in [5, 5.41) is 0. The lowest BCUT2D eigenvalue weighted by molar-refractivity contribution is -0.131. The molecule has 0 spiro atoms. The SMILES string of the molecule is COC1=C(Br)CC(Oc2ccc(OC(C)=O)c(Br)c2)C=C1.